The van der Waals surface area contributed by atoms with Gasteiger partial charge in [-0.3, -0.25) is 0 Å². The average molecular weight is 230 g/mol. The Labute approximate surface area is 98.1 Å². The van der Waals surface area contributed by atoms with Crippen LogP contribution >= 0.6 is 11.8 Å². The van der Waals surface area contributed by atoms with E-state index >= 15 is 0 Å². The van der Waals surface area contributed by atoms with Gasteiger partial charge >= 0.3 is 0 Å². The lowest BCUT2D eigenvalue weighted by molar-refractivity contribution is 0.530. The number of nitrogens with zero attached hydrogens (tertiary/aromatic N) is 2. The van der Waals surface area contributed by atoms with E-state index in [2.05, 4.69) is 11.1 Å². The minimum Gasteiger partial charge on any atom is -0.468 e. The highest BCUT2D eigenvalue weighted by Gasteiger charge is 2.07. The fraction of sp³-hybridized carbons (Fsp3) is 0.167. The van der Waals surface area contributed by atoms with Crippen LogP contribution in [0.25, 0.3) is 0 Å². The van der Waals surface area contributed by atoms with Crippen LogP contribution in [-0.2, 0) is 5.75 Å². The highest BCUT2D eigenvalue weighted by Crippen LogP contribution is 2.25. The van der Waals surface area contributed by atoms with Gasteiger partial charge < -0.3 is 4.42 Å². The smallest absolute Gasteiger partial charge is 0.114 e. The number of thioether (sulfide) groups is 1. The summed E-state index contributed by atoms with van der Waals surface area (Å²) in [5, 5.41) is 9.79. The van der Waals surface area contributed by atoms with Crippen molar-refractivity contribution in [1.82, 2.24) is 4.98 Å². The van der Waals surface area contributed by atoms with Gasteiger partial charge in [-0.25, -0.2) is 4.98 Å². The second-order valence-corrected chi connectivity index (χ2v) is 4.25. The highest BCUT2D eigenvalue weighted by molar-refractivity contribution is 7.98. The molecule has 0 spiro atoms. The third-order valence-electron chi connectivity index (χ3n) is 2.17. The van der Waals surface area contributed by atoms with E-state index in [1.54, 1.807) is 12.5 Å². The van der Waals surface area contributed by atoms with E-state index in [4.69, 9.17) is 9.68 Å². The molecule has 80 valence electrons. The van der Waals surface area contributed by atoms with Gasteiger partial charge in [0.05, 0.1) is 17.6 Å². The second kappa shape index (κ2) is 4.86. The number of aryl methyl sites for hydroxylation is 1. The summed E-state index contributed by atoms with van der Waals surface area (Å²) in [6, 6.07) is 7.79. The lowest BCUT2D eigenvalue weighted by Gasteiger charge is -2.03. The Balaban J connectivity index is 2.16. The van der Waals surface area contributed by atoms with E-state index in [9.17, 15) is 0 Å². The third-order valence-corrected chi connectivity index (χ3v) is 3.18. The van der Waals surface area contributed by atoms with E-state index < -0.39 is 0 Å². The van der Waals surface area contributed by atoms with E-state index in [1.807, 2.05) is 25.1 Å². The second-order valence-electron chi connectivity index (χ2n) is 3.29. The number of hydrogen-bond donors (Lipinski definition) is 0. The topological polar surface area (TPSA) is 49.8 Å². The highest BCUT2D eigenvalue weighted by atomic mass is 32.2. The van der Waals surface area contributed by atoms with Crippen LogP contribution in [0.3, 0.4) is 0 Å². The van der Waals surface area contributed by atoms with Gasteiger partial charge in [0.1, 0.15) is 16.9 Å². The van der Waals surface area contributed by atoms with Crippen LogP contribution in [0, 0.1) is 18.3 Å². The van der Waals surface area contributed by atoms with Crippen molar-refractivity contribution in [2.75, 3.05) is 0 Å². The van der Waals surface area contributed by atoms with E-state index in [0.29, 0.717) is 11.3 Å². The van der Waals surface area contributed by atoms with Gasteiger partial charge in [-0.05, 0) is 30.7 Å². The number of pyridine rings is 1. The molecule has 0 aliphatic rings. The van der Waals surface area contributed by atoms with Crippen molar-refractivity contribution < 1.29 is 4.42 Å². The Morgan fingerprint density at radius 3 is 3.06 bits per heavy atom. The zero-order chi connectivity index (χ0) is 11.4. The molecule has 0 aliphatic carbocycles. The largest absolute Gasteiger partial charge is 0.468 e. The molecule has 3 nitrogen and oxygen atoms in total. The molecule has 0 amide bonds. The van der Waals surface area contributed by atoms with Crippen molar-refractivity contribution in [3.63, 3.8) is 0 Å². The summed E-state index contributed by atoms with van der Waals surface area (Å²) in [4.78, 5) is 4.21. The maximum Gasteiger partial charge on any atom is 0.114 e. The standard InChI is InChI=1S/C12H10N2OS/c1-9-4-5-14-12(11(9)7-13)16-8-10-3-2-6-15-10/h2-6H,8H2,1H3. The molecule has 2 rings (SSSR count). The van der Waals surface area contributed by atoms with E-state index in [-0.39, 0.29) is 0 Å². The summed E-state index contributed by atoms with van der Waals surface area (Å²) < 4.78 is 5.23. The predicted molar refractivity (Wildman–Crippen MR) is 62.0 cm³/mol. The molecule has 0 aromatic carbocycles. The average Bonchev–Trinajstić information content (AvgIpc) is 2.79. The number of hydrogen-bond acceptors (Lipinski definition) is 4. The summed E-state index contributed by atoms with van der Waals surface area (Å²) in [5.74, 6) is 1.58. The van der Waals surface area contributed by atoms with Gasteiger partial charge in [0.2, 0.25) is 0 Å². The zero-order valence-electron chi connectivity index (χ0n) is 8.80. The molecule has 0 aliphatic heterocycles. The first-order chi connectivity index (χ1) is 7.81. The molecule has 0 atom stereocenters. The molecular weight excluding hydrogens is 220 g/mol. The molecule has 0 fully saturated rings. The van der Waals surface area contributed by atoms with Crippen LogP contribution in [0.15, 0.2) is 40.1 Å². The van der Waals surface area contributed by atoms with Crippen LogP contribution in [0.4, 0.5) is 0 Å². The van der Waals surface area contributed by atoms with Gasteiger partial charge in [-0.2, -0.15) is 5.26 Å². The molecule has 4 heteroatoms. The van der Waals surface area contributed by atoms with Crippen LogP contribution in [0.2, 0.25) is 0 Å². The van der Waals surface area contributed by atoms with Gasteiger partial charge in [0.15, 0.2) is 0 Å². The Kier molecular flexibility index (Phi) is 3.28. The lowest BCUT2D eigenvalue weighted by atomic mass is 10.2. The molecule has 0 unspecified atom stereocenters. The van der Waals surface area contributed by atoms with Gasteiger partial charge in [-0.15, -0.1) is 0 Å². The summed E-state index contributed by atoms with van der Waals surface area (Å²) in [7, 11) is 0. The summed E-state index contributed by atoms with van der Waals surface area (Å²) in [6.45, 7) is 1.91. The molecule has 0 bridgehead atoms. The summed E-state index contributed by atoms with van der Waals surface area (Å²) in [5.41, 5.74) is 1.61. The fourth-order valence-corrected chi connectivity index (χ4v) is 2.24. The summed E-state index contributed by atoms with van der Waals surface area (Å²) in [6.07, 6.45) is 3.37. The minimum atomic E-state index is 0.652. The third kappa shape index (κ3) is 2.26. The molecule has 2 heterocycles. The predicted octanol–water partition coefficient (Wildman–Crippen LogP) is 3.15. The molecule has 0 radical (unpaired) electrons. The normalized spacial score (nSPS) is 10.0. The number of furan rings is 1. The van der Waals surface area contributed by atoms with E-state index in [1.165, 1.54) is 11.8 Å². The van der Waals surface area contributed by atoms with Crippen LogP contribution in [-0.4, -0.2) is 4.98 Å². The maximum absolute atomic E-state index is 9.03. The SMILES string of the molecule is Cc1ccnc(SCc2ccco2)c1C#N. The van der Waals surface area contributed by atoms with Crippen molar-refractivity contribution in [1.29, 1.82) is 5.26 Å². The molecule has 16 heavy (non-hydrogen) atoms. The molecule has 0 saturated carbocycles. The lowest BCUT2D eigenvalue weighted by Crippen LogP contribution is -1.90. The molecule has 2 aromatic heterocycles. The Morgan fingerprint density at radius 2 is 2.38 bits per heavy atom. The Bertz CT molecular complexity index is 514. The number of aromatic nitrogens is 1. The van der Waals surface area contributed by atoms with Crippen molar-refractivity contribution in [2.24, 2.45) is 0 Å². The fourth-order valence-electron chi connectivity index (χ4n) is 1.31. The molecule has 0 saturated heterocycles. The van der Waals surface area contributed by atoms with Crippen LogP contribution in [0.1, 0.15) is 16.9 Å². The van der Waals surface area contributed by atoms with E-state index in [0.717, 1.165) is 16.3 Å². The molecular formula is C12H10N2OS. The first kappa shape index (κ1) is 10.8. The van der Waals surface area contributed by atoms with Crippen LogP contribution in [0.5, 0.6) is 0 Å². The first-order valence-electron chi connectivity index (χ1n) is 4.82. The van der Waals surface area contributed by atoms with Crippen LogP contribution < -0.4 is 0 Å². The zero-order valence-corrected chi connectivity index (χ0v) is 9.62. The van der Waals surface area contributed by atoms with Crippen molar-refractivity contribution in [3.05, 3.63) is 47.5 Å². The number of nitriles is 1. The Morgan fingerprint density at radius 1 is 1.50 bits per heavy atom. The maximum atomic E-state index is 9.03. The Hall–Kier alpha value is -1.73. The summed E-state index contributed by atoms with van der Waals surface area (Å²) >= 11 is 1.52. The first-order valence-corrected chi connectivity index (χ1v) is 5.80. The van der Waals surface area contributed by atoms with Crippen molar-refractivity contribution >= 4 is 11.8 Å². The monoisotopic (exact) mass is 230 g/mol. The van der Waals surface area contributed by atoms with Gasteiger partial charge in [0, 0.05) is 6.20 Å². The van der Waals surface area contributed by atoms with Gasteiger partial charge in [-0.1, -0.05) is 11.8 Å². The minimum absolute atomic E-state index is 0.652. The molecule has 2 aromatic rings. The quantitative estimate of drug-likeness (QED) is 0.760. The van der Waals surface area contributed by atoms with Crippen molar-refractivity contribution in [3.8, 4) is 6.07 Å². The number of rotatable bonds is 3. The van der Waals surface area contributed by atoms with Gasteiger partial charge in [0.25, 0.3) is 0 Å². The van der Waals surface area contributed by atoms with Crippen molar-refractivity contribution in [2.45, 2.75) is 17.7 Å². The molecule has 0 N–H and O–H groups in total.